The van der Waals surface area contributed by atoms with Crippen molar-refractivity contribution >= 4 is 45.8 Å². The van der Waals surface area contributed by atoms with Gasteiger partial charge in [0.15, 0.2) is 0 Å². The fraction of sp³-hybridized carbons (Fsp3) is 0.100. The van der Waals surface area contributed by atoms with Gasteiger partial charge in [0.25, 0.3) is 0 Å². The molecule has 24 heavy (non-hydrogen) atoms. The molecule has 4 heteroatoms. The van der Waals surface area contributed by atoms with Crippen molar-refractivity contribution in [3.63, 3.8) is 0 Å². The maximum absolute atomic E-state index is 5.78. The lowest BCUT2D eigenvalue weighted by molar-refractivity contribution is 0.726. The van der Waals surface area contributed by atoms with Gasteiger partial charge in [0.2, 0.25) is 0 Å². The van der Waals surface area contributed by atoms with Crippen molar-refractivity contribution in [1.29, 1.82) is 0 Å². The van der Waals surface area contributed by atoms with E-state index in [1.165, 1.54) is 0 Å². The molecule has 0 bridgehead atoms. The summed E-state index contributed by atoms with van der Waals surface area (Å²) in [5.41, 5.74) is 6.61. The Kier molecular flexibility index (Phi) is 3.59. The summed E-state index contributed by atoms with van der Waals surface area (Å²) in [7, 11) is 4.04. The smallest absolute Gasteiger partial charge is 0.116 e. The Balaban J connectivity index is 2.01. The van der Waals surface area contributed by atoms with E-state index < -0.39 is 0 Å². The van der Waals surface area contributed by atoms with Crippen LogP contribution in [0.25, 0.3) is 11.4 Å². The molecule has 2 aromatic carbocycles. The predicted octanol–water partition coefficient (Wildman–Crippen LogP) is 4.35. The average Bonchev–Trinajstić information content (AvgIpc) is 3.02. The molecule has 0 aliphatic carbocycles. The van der Waals surface area contributed by atoms with Crippen molar-refractivity contribution in [3.8, 4) is 0 Å². The lowest BCUT2D eigenvalue weighted by Gasteiger charge is -2.22. The Morgan fingerprint density at radius 3 is 1.25 bits per heavy atom. The van der Waals surface area contributed by atoms with Gasteiger partial charge in [0.05, 0.1) is 11.4 Å². The number of thiocarbonyl (C=S) groups is 2. The summed E-state index contributed by atoms with van der Waals surface area (Å²) in [5, 5.41) is 0. The Morgan fingerprint density at radius 1 is 0.583 bits per heavy atom. The first kappa shape index (κ1) is 15.2. The van der Waals surface area contributed by atoms with Crippen LogP contribution in [0.4, 0.5) is 0 Å². The molecular weight excluding hydrogens is 332 g/mol. The molecule has 0 N–H and O–H groups in total. The van der Waals surface area contributed by atoms with Gasteiger partial charge in [-0.3, -0.25) is 0 Å². The van der Waals surface area contributed by atoms with Gasteiger partial charge in [-0.15, -0.1) is 0 Å². The molecule has 0 fully saturated rings. The number of benzene rings is 2. The van der Waals surface area contributed by atoms with Crippen LogP contribution in [0, 0.1) is 0 Å². The molecule has 0 radical (unpaired) electrons. The number of fused-ring (bicyclic) bond motifs is 1. The Labute approximate surface area is 152 Å². The summed E-state index contributed by atoms with van der Waals surface area (Å²) in [6.45, 7) is 0. The molecule has 4 rings (SSSR count). The van der Waals surface area contributed by atoms with E-state index >= 15 is 0 Å². The molecule has 2 aliphatic heterocycles. The van der Waals surface area contributed by atoms with E-state index in [9.17, 15) is 0 Å². The second-order valence-electron chi connectivity index (χ2n) is 5.91. The molecule has 2 nitrogen and oxygen atoms in total. The van der Waals surface area contributed by atoms with Gasteiger partial charge < -0.3 is 9.80 Å². The minimum atomic E-state index is 0.828. The summed E-state index contributed by atoms with van der Waals surface area (Å²) in [6.07, 6.45) is 0. The lowest BCUT2D eigenvalue weighted by atomic mass is 10.0. The monoisotopic (exact) mass is 348 g/mol. The first-order chi connectivity index (χ1) is 11.6. The van der Waals surface area contributed by atoms with Crippen LogP contribution in [-0.4, -0.2) is 33.9 Å². The third kappa shape index (κ3) is 2.07. The minimum absolute atomic E-state index is 0.828. The highest BCUT2D eigenvalue weighted by Crippen LogP contribution is 2.46. The molecule has 0 saturated heterocycles. The number of nitrogens with zero attached hydrogens (tertiary/aromatic N) is 2. The van der Waals surface area contributed by atoms with Crippen LogP contribution >= 0.6 is 24.4 Å². The quantitative estimate of drug-likeness (QED) is 0.744. The van der Waals surface area contributed by atoms with Crippen molar-refractivity contribution in [2.75, 3.05) is 14.1 Å². The maximum Gasteiger partial charge on any atom is 0.116 e. The van der Waals surface area contributed by atoms with E-state index in [1.54, 1.807) is 0 Å². The Hall–Kier alpha value is -2.30. The zero-order valence-electron chi connectivity index (χ0n) is 13.5. The summed E-state index contributed by atoms with van der Waals surface area (Å²) < 4.78 is 0. The fourth-order valence-electron chi connectivity index (χ4n) is 3.40. The first-order valence-electron chi connectivity index (χ1n) is 7.77. The molecule has 0 amide bonds. The summed E-state index contributed by atoms with van der Waals surface area (Å²) in [5.74, 6) is 0. The van der Waals surface area contributed by atoms with Gasteiger partial charge in [0, 0.05) is 25.2 Å². The molecule has 0 spiro atoms. The van der Waals surface area contributed by atoms with Gasteiger partial charge in [-0.05, 0) is 11.1 Å². The largest absolute Gasteiger partial charge is 0.334 e. The molecule has 0 saturated carbocycles. The van der Waals surface area contributed by atoms with Gasteiger partial charge >= 0.3 is 0 Å². The highest BCUT2D eigenvalue weighted by molar-refractivity contribution is 7.81. The van der Waals surface area contributed by atoms with E-state index in [2.05, 4.69) is 34.1 Å². The molecule has 118 valence electrons. The van der Waals surface area contributed by atoms with Crippen LogP contribution in [0.5, 0.6) is 0 Å². The normalized spacial score (nSPS) is 17.2. The number of hydrogen-bond donors (Lipinski definition) is 0. The minimum Gasteiger partial charge on any atom is -0.334 e. The zero-order chi connectivity index (χ0) is 16.8. The van der Waals surface area contributed by atoms with E-state index in [0.717, 1.165) is 43.6 Å². The molecule has 0 aromatic heterocycles. The Bertz CT molecular complexity index is 834. The zero-order valence-corrected chi connectivity index (χ0v) is 15.1. The van der Waals surface area contributed by atoms with Crippen LogP contribution in [0.1, 0.15) is 11.1 Å². The van der Waals surface area contributed by atoms with Crippen molar-refractivity contribution < 1.29 is 0 Å². The van der Waals surface area contributed by atoms with Crippen LogP contribution in [0.2, 0.25) is 0 Å². The second-order valence-corrected chi connectivity index (χ2v) is 6.68. The van der Waals surface area contributed by atoms with Crippen molar-refractivity contribution in [2.24, 2.45) is 0 Å². The predicted molar refractivity (Wildman–Crippen MR) is 107 cm³/mol. The van der Waals surface area contributed by atoms with Crippen molar-refractivity contribution in [1.82, 2.24) is 9.80 Å². The lowest BCUT2D eigenvalue weighted by Crippen LogP contribution is -2.23. The number of hydrogen-bond acceptors (Lipinski definition) is 2. The first-order valence-corrected chi connectivity index (χ1v) is 8.58. The number of likely N-dealkylation sites (N-methyl/N-ethyl adjacent to an activating group) is 2. The van der Waals surface area contributed by atoms with Crippen LogP contribution < -0.4 is 0 Å². The third-order valence-corrected chi connectivity index (χ3v) is 5.48. The molecular formula is C20H16N2S2. The topological polar surface area (TPSA) is 6.48 Å². The van der Waals surface area contributed by atoms with Crippen molar-refractivity contribution in [2.45, 2.75) is 0 Å². The maximum atomic E-state index is 5.78. The highest BCUT2D eigenvalue weighted by Gasteiger charge is 2.42. The average molecular weight is 348 g/mol. The van der Waals surface area contributed by atoms with Gasteiger partial charge in [0.1, 0.15) is 9.98 Å². The van der Waals surface area contributed by atoms with E-state index in [0.29, 0.717) is 0 Å². The van der Waals surface area contributed by atoms with E-state index in [4.69, 9.17) is 24.4 Å². The SMILES string of the molecule is CN1C(=S)C2=C(c3ccccc3)N(C)C(=S)C2=C1c1ccccc1. The molecule has 2 aliphatic rings. The summed E-state index contributed by atoms with van der Waals surface area (Å²) in [4.78, 5) is 5.82. The van der Waals surface area contributed by atoms with Crippen LogP contribution in [0.3, 0.4) is 0 Å². The van der Waals surface area contributed by atoms with Crippen molar-refractivity contribution in [3.05, 3.63) is 82.9 Å². The molecule has 0 atom stereocenters. The van der Waals surface area contributed by atoms with Crippen LogP contribution in [-0.2, 0) is 0 Å². The molecule has 2 aromatic rings. The summed E-state index contributed by atoms with van der Waals surface area (Å²) >= 11 is 11.6. The molecule has 2 heterocycles. The van der Waals surface area contributed by atoms with Gasteiger partial charge in [-0.25, -0.2) is 0 Å². The standard InChI is InChI=1S/C20H16N2S2/c1-21-17(13-9-5-3-6-10-13)15-16(19(21)23)18(22(2)20(15)24)14-11-7-4-8-12-14/h3-12H,1-2H3. The number of rotatable bonds is 2. The van der Waals surface area contributed by atoms with E-state index in [1.807, 2.05) is 50.5 Å². The van der Waals surface area contributed by atoms with Crippen LogP contribution in [0.15, 0.2) is 71.8 Å². The second kappa shape index (κ2) is 5.65. The Morgan fingerprint density at radius 2 is 0.917 bits per heavy atom. The summed E-state index contributed by atoms with van der Waals surface area (Å²) in [6, 6.07) is 20.6. The molecule has 0 unspecified atom stereocenters. The van der Waals surface area contributed by atoms with E-state index in [-0.39, 0.29) is 0 Å². The fourth-order valence-corrected chi connectivity index (χ4v) is 3.98. The highest BCUT2D eigenvalue weighted by atomic mass is 32.1. The van der Waals surface area contributed by atoms with Gasteiger partial charge in [-0.1, -0.05) is 85.1 Å². The van der Waals surface area contributed by atoms with Gasteiger partial charge in [-0.2, -0.15) is 0 Å². The third-order valence-electron chi connectivity index (χ3n) is 4.53.